The third kappa shape index (κ3) is 5.84. The smallest absolute Gasteiger partial charge is 0.0674 e. The predicted octanol–water partition coefficient (Wildman–Crippen LogP) is 2.39. The molecule has 3 nitrogen and oxygen atoms in total. The van der Waals surface area contributed by atoms with Crippen LogP contribution in [-0.4, -0.2) is 43.3 Å². The van der Waals surface area contributed by atoms with Crippen molar-refractivity contribution < 1.29 is 4.74 Å². The molecule has 2 atom stereocenters. The molecule has 0 amide bonds. The van der Waals surface area contributed by atoms with Gasteiger partial charge in [0.15, 0.2) is 0 Å². The summed E-state index contributed by atoms with van der Waals surface area (Å²) in [7, 11) is 0. The Bertz CT molecular complexity index is 187. The first-order valence-electron chi connectivity index (χ1n) is 7.33. The van der Waals surface area contributed by atoms with Crippen LogP contribution in [0.2, 0.25) is 0 Å². The first kappa shape index (κ1) is 14.9. The van der Waals surface area contributed by atoms with E-state index in [2.05, 4.69) is 18.7 Å². The molecule has 1 saturated heterocycles. The molecular formula is C14H30N2O. The molecule has 0 aromatic carbocycles. The van der Waals surface area contributed by atoms with Crippen molar-refractivity contribution in [2.45, 2.75) is 64.5 Å². The number of ether oxygens (including phenoxy) is 1. The summed E-state index contributed by atoms with van der Waals surface area (Å²) >= 11 is 0. The van der Waals surface area contributed by atoms with Crippen LogP contribution < -0.4 is 5.73 Å². The number of hydrogen-bond donors (Lipinski definition) is 1. The van der Waals surface area contributed by atoms with E-state index in [1.165, 1.54) is 32.1 Å². The lowest BCUT2D eigenvalue weighted by molar-refractivity contribution is 0.0602. The molecule has 0 aliphatic carbocycles. The van der Waals surface area contributed by atoms with E-state index in [0.29, 0.717) is 12.1 Å². The Hall–Kier alpha value is -0.120. The van der Waals surface area contributed by atoms with Crippen LogP contribution in [0, 0.1) is 0 Å². The first-order valence-corrected chi connectivity index (χ1v) is 7.33. The van der Waals surface area contributed by atoms with Crippen molar-refractivity contribution in [3.05, 3.63) is 0 Å². The molecule has 1 heterocycles. The van der Waals surface area contributed by atoms with Gasteiger partial charge in [-0.05, 0) is 19.8 Å². The second-order valence-electron chi connectivity index (χ2n) is 5.27. The van der Waals surface area contributed by atoms with Crippen molar-refractivity contribution in [3.8, 4) is 0 Å². The maximum Gasteiger partial charge on any atom is 0.0674 e. The average molecular weight is 242 g/mol. The average Bonchev–Trinajstić information content (AvgIpc) is 2.54. The van der Waals surface area contributed by atoms with E-state index >= 15 is 0 Å². The molecule has 0 aromatic heterocycles. The summed E-state index contributed by atoms with van der Waals surface area (Å²) in [6.45, 7) is 8.33. The van der Waals surface area contributed by atoms with Gasteiger partial charge in [0.05, 0.1) is 6.10 Å². The summed E-state index contributed by atoms with van der Waals surface area (Å²) < 4.78 is 5.69. The zero-order chi connectivity index (χ0) is 12.5. The number of nitrogens with zero attached hydrogens (tertiary/aromatic N) is 1. The molecule has 3 heteroatoms. The van der Waals surface area contributed by atoms with Crippen molar-refractivity contribution in [2.75, 3.05) is 26.2 Å². The maximum absolute atomic E-state index is 5.93. The molecule has 0 bridgehead atoms. The third-order valence-electron chi connectivity index (χ3n) is 3.66. The number of nitrogens with two attached hydrogens (primary N) is 1. The molecule has 2 unspecified atom stereocenters. The van der Waals surface area contributed by atoms with Crippen LogP contribution in [0.4, 0.5) is 0 Å². The predicted molar refractivity (Wildman–Crippen MR) is 73.2 cm³/mol. The summed E-state index contributed by atoms with van der Waals surface area (Å²) in [5.41, 5.74) is 5.93. The molecule has 1 aliphatic heterocycles. The lowest BCUT2D eigenvalue weighted by Gasteiger charge is -2.30. The normalized spacial score (nSPS) is 24.5. The lowest BCUT2D eigenvalue weighted by atomic mass is 10.1. The van der Waals surface area contributed by atoms with Crippen LogP contribution in [0.15, 0.2) is 0 Å². The number of hydrogen-bond acceptors (Lipinski definition) is 3. The Balaban J connectivity index is 2.31. The quantitative estimate of drug-likeness (QED) is 0.697. The standard InChI is InChI=1S/C14H30N2O/c1-3-4-5-6-8-14(11-15)16-9-7-10-17-13(2)12-16/h13-14H,3-12,15H2,1-2H3. The second kappa shape index (κ2) is 8.90. The Morgan fingerprint density at radius 2 is 2.18 bits per heavy atom. The lowest BCUT2D eigenvalue weighted by Crippen LogP contribution is -2.43. The van der Waals surface area contributed by atoms with E-state index in [1.54, 1.807) is 0 Å². The Morgan fingerprint density at radius 3 is 2.88 bits per heavy atom. The van der Waals surface area contributed by atoms with Gasteiger partial charge in [-0.1, -0.05) is 32.6 Å². The molecule has 17 heavy (non-hydrogen) atoms. The molecule has 2 N–H and O–H groups in total. The minimum atomic E-state index is 0.363. The van der Waals surface area contributed by atoms with Crippen LogP contribution >= 0.6 is 0 Å². The second-order valence-corrected chi connectivity index (χ2v) is 5.27. The SMILES string of the molecule is CCCCCCC(CN)N1CCCOC(C)C1. The molecule has 0 spiro atoms. The monoisotopic (exact) mass is 242 g/mol. The minimum Gasteiger partial charge on any atom is -0.377 e. The molecule has 1 aliphatic rings. The van der Waals surface area contributed by atoms with Gasteiger partial charge in [-0.3, -0.25) is 4.90 Å². The van der Waals surface area contributed by atoms with Gasteiger partial charge in [-0.2, -0.15) is 0 Å². The van der Waals surface area contributed by atoms with Gasteiger partial charge in [0.2, 0.25) is 0 Å². The fraction of sp³-hybridized carbons (Fsp3) is 1.00. The Kier molecular flexibility index (Phi) is 7.82. The van der Waals surface area contributed by atoms with Crippen LogP contribution in [0.25, 0.3) is 0 Å². The van der Waals surface area contributed by atoms with Crippen LogP contribution in [-0.2, 0) is 4.74 Å². The third-order valence-corrected chi connectivity index (χ3v) is 3.66. The van der Waals surface area contributed by atoms with Crippen molar-refractivity contribution >= 4 is 0 Å². The highest BCUT2D eigenvalue weighted by Crippen LogP contribution is 2.14. The topological polar surface area (TPSA) is 38.5 Å². The van der Waals surface area contributed by atoms with E-state index in [9.17, 15) is 0 Å². The van der Waals surface area contributed by atoms with Crippen LogP contribution in [0.5, 0.6) is 0 Å². The largest absolute Gasteiger partial charge is 0.377 e. The zero-order valence-electron chi connectivity index (χ0n) is 11.7. The molecule has 1 rings (SSSR count). The Morgan fingerprint density at radius 1 is 1.35 bits per heavy atom. The van der Waals surface area contributed by atoms with E-state index in [4.69, 9.17) is 10.5 Å². The molecular weight excluding hydrogens is 212 g/mol. The first-order chi connectivity index (χ1) is 8.27. The fourth-order valence-electron chi connectivity index (χ4n) is 2.61. The molecule has 0 saturated carbocycles. The minimum absolute atomic E-state index is 0.363. The van der Waals surface area contributed by atoms with E-state index in [0.717, 1.165) is 32.7 Å². The highest BCUT2D eigenvalue weighted by Gasteiger charge is 2.21. The summed E-state index contributed by atoms with van der Waals surface area (Å²) in [4.78, 5) is 2.55. The fourth-order valence-corrected chi connectivity index (χ4v) is 2.61. The summed E-state index contributed by atoms with van der Waals surface area (Å²) in [6, 6.07) is 0.566. The number of rotatable bonds is 7. The van der Waals surface area contributed by atoms with Crippen molar-refractivity contribution in [1.82, 2.24) is 4.90 Å². The maximum atomic E-state index is 5.93. The van der Waals surface area contributed by atoms with Gasteiger partial charge in [0.1, 0.15) is 0 Å². The van der Waals surface area contributed by atoms with Crippen molar-refractivity contribution in [1.29, 1.82) is 0 Å². The van der Waals surface area contributed by atoms with Gasteiger partial charge >= 0.3 is 0 Å². The van der Waals surface area contributed by atoms with Crippen molar-refractivity contribution in [2.24, 2.45) is 5.73 Å². The van der Waals surface area contributed by atoms with E-state index in [1.807, 2.05) is 0 Å². The van der Waals surface area contributed by atoms with E-state index < -0.39 is 0 Å². The summed E-state index contributed by atoms with van der Waals surface area (Å²) in [5.74, 6) is 0. The number of unbranched alkanes of at least 4 members (excludes halogenated alkanes) is 3. The van der Waals surface area contributed by atoms with Gasteiger partial charge in [-0.25, -0.2) is 0 Å². The van der Waals surface area contributed by atoms with Crippen LogP contribution in [0.3, 0.4) is 0 Å². The molecule has 1 fully saturated rings. The molecule has 0 aromatic rings. The zero-order valence-corrected chi connectivity index (χ0v) is 11.7. The van der Waals surface area contributed by atoms with Crippen molar-refractivity contribution in [3.63, 3.8) is 0 Å². The highest BCUT2D eigenvalue weighted by molar-refractivity contribution is 4.76. The molecule has 0 radical (unpaired) electrons. The summed E-state index contributed by atoms with van der Waals surface area (Å²) in [6.07, 6.45) is 8.11. The summed E-state index contributed by atoms with van der Waals surface area (Å²) in [5, 5.41) is 0. The molecule has 102 valence electrons. The van der Waals surface area contributed by atoms with Gasteiger partial charge in [-0.15, -0.1) is 0 Å². The Labute approximate surface area is 107 Å². The van der Waals surface area contributed by atoms with Gasteiger partial charge < -0.3 is 10.5 Å². The van der Waals surface area contributed by atoms with E-state index in [-0.39, 0.29) is 0 Å². The van der Waals surface area contributed by atoms with Gasteiger partial charge in [0.25, 0.3) is 0 Å². The highest BCUT2D eigenvalue weighted by atomic mass is 16.5. The van der Waals surface area contributed by atoms with Crippen LogP contribution in [0.1, 0.15) is 52.4 Å². The van der Waals surface area contributed by atoms with Gasteiger partial charge in [0, 0.05) is 32.3 Å².